The monoisotopic (exact) mass is 280 g/mol. The molecule has 0 fully saturated rings. The van der Waals surface area contributed by atoms with Crippen molar-refractivity contribution in [3.05, 3.63) is 30.5 Å². The number of hydrogen-bond acceptors (Lipinski definition) is 5. The number of H-pyrrole nitrogens is 1. The van der Waals surface area contributed by atoms with Crippen molar-refractivity contribution in [3.63, 3.8) is 0 Å². The normalized spacial score (nSPS) is 10.3. The third-order valence-corrected chi connectivity index (χ3v) is 3.76. The third kappa shape index (κ3) is 3.78. The summed E-state index contributed by atoms with van der Waals surface area (Å²) in [5, 5.41) is 13.6. The minimum atomic E-state index is -0.0556. The Kier molecular flexibility index (Phi) is 4.66. The molecule has 5 nitrogen and oxygen atoms in total. The highest BCUT2D eigenvalue weighted by molar-refractivity contribution is 7.99. The maximum absolute atomic E-state index is 11.7. The van der Waals surface area contributed by atoms with Crippen LogP contribution < -0.4 is 5.32 Å². The molecule has 18 heavy (non-hydrogen) atoms. The standard InChI is InChI=1S/C11H12N4OS2/c1-17-9-4-2-8(3-5-9)13-10(16)7-18-11-6-12-15-14-11/h2-6H,7H2,1H3,(H,13,16)(H,12,14,15). The van der Waals surface area contributed by atoms with Crippen LogP contribution in [0.25, 0.3) is 0 Å². The van der Waals surface area contributed by atoms with E-state index in [-0.39, 0.29) is 5.91 Å². The SMILES string of the molecule is CSc1ccc(NC(=O)CSc2cn[nH]n2)cc1. The number of nitrogens with one attached hydrogen (secondary N) is 2. The highest BCUT2D eigenvalue weighted by Crippen LogP contribution is 2.18. The molecule has 2 rings (SSSR count). The van der Waals surface area contributed by atoms with Gasteiger partial charge in [-0.25, -0.2) is 0 Å². The molecule has 2 N–H and O–H groups in total. The first-order valence-electron chi connectivity index (χ1n) is 5.20. The highest BCUT2D eigenvalue weighted by Gasteiger charge is 2.05. The predicted molar refractivity (Wildman–Crippen MR) is 74.0 cm³/mol. The van der Waals surface area contributed by atoms with E-state index in [2.05, 4.69) is 20.7 Å². The van der Waals surface area contributed by atoms with Crippen molar-refractivity contribution in [3.8, 4) is 0 Å². The average Bonchev–Trinajstić information content (AvgIpc) is 2.90. The minimum absolute atomic E-state index is 0.0556. The van der Waals surface area contributed by atoms with Gasteiger partial charge in [0.25, 0.3) is 0 Å². The van der Waals surface area contributed by atoms with Gasteiger partial charge in [-0.1, -0.05) is 11.8 Å². The number of rotatable bonds is 5. The molecule has 0 saturated heterocycles. The van der Waals surface area contributed by atoms with Gasteiger partial charge in [0.05, 0.1) is 11.9 Å². The van der Waals surface area contributed by atoms with Crippen molar-refractivity contribution in [2.75, 3.05) is 17.3 Å². The first-order chi connectivity index (χ1) is 8.78. The summed E-state index contributed by atoms with van der Waals surface area (Å²) in [7, 11) is 0. The number of amides is 1. The molecule has 1 amide bonds. The molecule has 0 aliphatic heterocycles. The van der Waals surface area contributed by atoms with Crippen molar-refractivity contribution in [2.24, 2.45) is 0 Å². The van der Waals surface area contributed by atoms with Crippen molar-refractivity contribution in [1.82, 2.24) is 15.4 Å². The lowest BCUT2D eigenvalue weighted by atomic mass is 10.3. The van der Waals surface area contributed by atoms with E-state index in [0.29, 0.717) is 10.8 Å². The van der Waals surface area contributed by atoms with Crippen molar-refractivity contribution in [2.45, 2.75) is 9.92 Å². The Bertz CT molecular complexity index is 498. The Morgan fingerprint density at radius 1 is 1.39 bits per heavy atom. The van der Waals surface area contributed by atoms with E-state index in [1.165, 1.54) is 16.7 Å². The van der Waals surface area contributed by atoms with Gasteiger partial charge < -0.3 is 5.32 Å². The second-order valence-electron chi connectivity index (χ2n) is 3.37. The first kappa shape index (κ1) is 13.0. The first-order valence-corrected chi connectivity index (χ1v) is 7.41. The van der Waals surface area contributed by atoms with Gasteiger partial charge >= 0.3 is 0 Å². The number of carbonyl (C=O) groups excluding carboxylic acids is 1. The molecule has 0 saturated carbocycles. The summed E-state index contributed by atoms with van der Waals surface area (Å²) in [6.07, 6.45) is 3.60. The lowest BCUT2D eigenvalue weighted by molar-refractivity contribution is -0.113. The smallest absolute Gasteiger partial charge is 0.234 e. The molecule has 94 valence electrons. The zero-order valence-electron chi connectivity index (χ0n) is 9.71. The number of thioether (sulfide) groups is 2. The van der Waals surface area contributed by atoms with Crippen LogP contribution in [0.2, 0.25) is 0 Å². The fourth-order valence-electron chi connectivity index (χ4n) is 1.27. The van der Waals surface area contributed by atoms with E-state index in [1.54, 1.807) is 18.0 Å². The van der Waals surface area contributed by atoms with E-state index in [4.69, 9.17) is 0 Å². The Morgan fingerprint density at radius 3 is 2.78 bits per heavy atom. The van der Waals surface area contributed by atoms with E-state index in [1.807, 2.05) is 30.5 Å². The van der Waals surface area contributed by atoms with Crippen molar-refractivity contribution in [1.29, 1.82) is 0 Å². The minimum Gasteiger partial charge on any atom is -0.325 e. The molecule has 0 aliphatic rings. The summed E-state index contributed by atoms with van der Waals surface area (Å²) >= 11 is 3.01. The number of anilines is 1. The molecule has 0 radical (unpaired) electrons. The molecule has 0 unspecified atom stereocenters. The van der Waals surface area contributed by atoms with Gasteiger partial charge in [0.1, 0.15) is 5.03 Å². The van der Waals surface area contributed by atoms with Crippen molar-refractivity contribution < 1.29 is 4.79 Å². The zero-order valence-corrected chi connectivity index (χ0v) is 11.3. The molecule has 0 spiro atoms. The molecule has 1 aromatic carbocycles. The molecule has 0 atom stereocenters. The van der Waals surface area contributed by atoms with Crippen LogP contribution >= 0.6 is 23.5 Å². The third-order valence-electron chi connectivity index (χ3n) is 2.12. The van der Waals surface area contributed by atoms with Crippen LogP contribution in [0.4, 0.5) is 5.69 Å². The van der Waals surface area contributed by atoms with Crippen LogP contribution in [-0.4, -0.2) is 33.3 Å². The predicted octanol–water partition coefficient (Wildman–Crippen LogP) is 2.26. The molecule has 0 aliphatic carbocycles. The molecule has 7 heteroatoms. The second kappa shape index (κ2) is 6.46. The average molecular weight is 280 g/mol. The Balaban J connectivity index is 1.83. The van der Waals surface area contributed by atoms with E-state index in [9.17, 15) is 4.79 Å². The zero-order chi connectivity index (χ0) is 12.8. The number of aromatic nitrogens is 3. The number of benzene rings is 1. The Labute approximate surface area is 113 Å². The van der Waals surface area contributed by atoms with Crippen molar-refractivity contribution >= 4 is 35.1 Å². The maximum Gasteiger partial charge on any atom is 0.234 e. The van der Waals surface area contributed by atoms with E-state index < -0.39 is 0 Å². The van der Waals surface area contributed by atoms with Crippen LogP contribution in [0.15, 0.2) is 40.4 Å². The maximum atomic E-state index is 11.7. The number of hydrogen-bond donors (Lipinski definition) is 2. The largest absolute Gasteiger partial charge is 0.325 e. The van der Waals surface area contributed by atoms with Crippen LogP contribution in [0.3, 0.4) is 0 Å². The molecular formula is C11H12N4OS2. The van der Waals surface area contributed by atoms with Gasteiger partial charge in [-0.3, -0.25) is 4.79 Å². The summed E-state index contributed by atoms with van der Waals surface area (Å²) in [5.41, 5.74) is 0.804. The van der Waals surface area contributed by atoms with Crippen LogP contribution in [0.5, 0.6) is 0 Å². The van der Waals surface area contributed by atoms with E-state index >= 15 is 0 Å². The van der Waals surface area contributed by atoms with Crippen LogP contribution in [-0.2, 0) is 4.79 Å². The second-order valence-corrected chi connectivity index (χ2v) is 5.25. The van der Waals surface area contributed by atoms with Gasteiger partial charge in [-0.2, -0.15) is 10.3 Å². The van der Waals surface area contributed by atoms with Gasteiger partial charge in [-0.05, 0) is 30.5 Å². The number of nitrogens with zero attached hydrogens (tertiary/aromatic N) is 2. The van der Waals surface area contributed by atoms with Crippen LogP contribution in [0.1, 0.15) is 0 Å². The summed E-state index contributed by atoms with van der Waals surface area (Å²) in [6, 6.07) is 7.74. The molecule has 1 aromatic heterocycles. The molecule has 0 bridgehead atoms. The summed E-state index contributed by atoms with van der Waals surface area (Å²) in [4.78, 5) is 12.8. The number of carbonyl (C=O) groups is 1. The Morgan fingerprint density at radius 2 is 2.17 bits per heavy atom. The summed E-state index contributed by atoms with van der Waals surface area (Å²) < 4.78 is 0. The highest BCUT2D eigenvalue weighted by atomic mass is 32.2. The molecule has 1 heterocycles. The van der Waals surface area contributed by atoms with Gasteiger partial charge in [-0.15, -0.1) is 16.9 Å². The topological polar surface area (TPSA) is 70.7 Å². The Hall–Kier alpha value is -1.47. The number of aromatic amines is 1. The lowest BCUT2D eigenvalue weighted by Gasteiger charge is -2.04. The van der Waals surface area contributed by atoms with Gasteiger partial charge in [0.15, 0.2) is 0 Å². The van der Waals surface area contributed by atoms with Crippen LogP contribution in [0, 0.1) is 0 Å². The van der Waals surface area contributed by atoms with Gasteiger partial charge in [0, 0.05) is 10.6 Å². The quantitative estimate of drug-likeness (QED) is 0.822. The fourth-order valence-corrected chi connectivity index (χ4v) is 2.26. The fraction of sp³-hybridized carbons (Fsp3) is 0.182. The molecular weight excluding hydrogens is 268 g/mol. The van der Waals surface area contributed by atoms with E-state index in [0.717, 1.165) is 5.69 Å². The summed E-state index contributed by atoms with van der Waals surface area (Å²) in [5.74, 6) is 0.261. The summed E-state index contributed by atoms with van der Waals surface area (Å²) in [6.45, 7) is 0. The molecule has 2 aromatic rings. The van der Waals surface area contributed by atoms with Gasteiger partial charge in [0.2, 0.25) is 5.91 Å². The lowest BCUT2D eigenvalue weighted by Crippen LogP contribution is -2.13.